The number of aromatic amines is 1. The summed E-state index contributed by atoms with van der Waals surface area (Å²) in [5, 5.41) is 10.9. The molecular weight excluding hydrogens is 404 g/mol. The van der Waals surface area contributed by atoms with Gasteiger partial charge in [-0.1, -0.05) is 42.1 Å². The van der Waals surface area contributed by atoms with Crippen molar-refractivity contribution in [2.24, 2.45) is 0 Å². The number of thioether (sulfide) groups is 1. The van der Waals surface area contributed by atoms with Gasteiger partial charge in [-0.15, -0.1) is 10.2 Å². The predicted octanol–water partition coefficient (Wildman–Crippen LogP) is 5.61. The number of hydrogen-bond donors (Lipinski definition) is 1. The van der Waals surface area contributed by atoms with Crippen molar-refractivity contribution < 1.29 is 4.79 Å². The van der Waals surface area contributed by atoms with E-state index < -0.39 is 0 Å². The van der Waals surface area contributed by atoms with Crippen LogP contribution in [0, 0.1) is 0 Å². The van der Waals surface area contributed by atoms with Crippen LogP contribution in [0.2, 0.25) is 0 Å². The van der Waals surface area contributed by atoms with E-state index in [1.165, 1.54) is 29.3 Å². The van der Waals surface area contributed by atoms with Gasteiger partial charge < -0.3 is 4.98 Å². The van der Waals surface area contributed by atoms with Gasteiger partial charge in [-0.05, 0) is 62.3 Å². The fourth-order valence-corrected chi connectivity index (χ4v) is 5.63. The molecule has 5 nitrogen and oxygen atoms in total. The van der Waals surface area contributed by atoms with Crippen LogP contribution < -0.4 is 0 Å². The monoisotopic (exact) mass is 428 g/mol. The highest BCUT2D eigenvalue weighted by Crippen LogP contribution is 2.43. The van der Waals surface area contributed by atoms with Crippen molar-refractivity contribution in [3.05, 3.63) is 65.4 Å². The van der Waals surface area contributed by atoms with Crippen LogP contribution in [0.5, 0.6) is 0 Å². The molecule has 4 aromatic rings. The van der Waals surface area contributed by atoms with Gasteiger partial charge in [-0.3, -0.25) is 9.36 Å². The molecule has 1 saturated carbocycles. The maximum atomic E-state index is 13.2. The molecule has 0 spiro atoms. The topological polar surface area (TPSA) is 63.6 Å². The summed E-state index contributed by atoms with van der Waals surface area (Å²) in [7, 11) is 0. The Bertz CT molecular complexity index is 1300. The lowest BCUT2D eigenvalue weighted by molar-refractivity contribution is 0.0993. The molecule has 0 amide bonds. The Hall–Kier alpha value is -2.86. The van der Waals surface area contributed by atoms with E-state index in [-0.39, 0.29) is 11.0 Å². The third kappa shape index (κ3) is 3.30. The van der Waals surface area contributed by atoms with Crippen LogP contribution in [0.1, 0.15) is 53.7 Å². The van der Waals surface area contributed by atoms with E-state index >= 15 is 0 Å². The lowest BCUT2D eigenvalue weighted by Gasteiger charge is -2.13. The normalized spacial score (nSPS) is 16.5. The van der Waals surface area contributed by atoms with Crippen LogP contribution in [0.3, 0.4) is 0 Å². The first-order valence-corrected chi connectivity index (χ1v) is 11.9. The van der Waals surface area contributed by atoms with Gasteiger partial charge in [-0.2, -0.15) is 0 Å². The second-order valence-corrected chi connectivity index (χ2v) is 9.92. The van der Waals surface area contributed by atoms with E-state index in [0.29, 0.717) is 6.04 Å². The molecule has 0 saturated heterocycles. The molecule has 1 fully saturated rings. The summed E-state index contributed by atoms with van der Waals surface area (Å²) in [4.78, 5) is 16.5. The number of H-pyrrole nitrogens is 1. The molecule has 2 aliphatic carbocycles. The number of nitrogens with one attached hydrogen (secondary N) is 1. The lowest BCUT2D eigenvalue weighted by Crippen LogP contribution is -2.15. The average Bonchev–Trinajstić information content (AvgIpc) is 3.20. The number of carbonyl (C=O) groups is 1. The largest absolute Gasteiger partial charge is 0.360 e. The highest BCUT2D eigenvalue weighted by Gasteiger charge is 2.32. The second-order valence-electron chi connectivity index (χ2n) is 8.62. The van der Waals surface area contributed by atoms with E-state index in [1.54, 1.807) is 0 Å². The van der Waals surface area contributed by atoms with E-state index in [4.69, 9.17) is 0 Å². The fourth-order valence-electron chi connectivity index (χ4n) is 4.63. The minimum absolute atomic E-state index is 0.165. The van der Waals surface area contributed by atoms with Crippen LogP contribution in [0.25, 0.3) is 22.3 Å². The third-order valence-electron chi connectivity index (χ3n) is 6.44. The molecule has 0 bridgehead atoms. The third-order valence-corrected chi connectivity index (χ3v) is 7.50. The van der Waals surface area contributed by atoms with E-state index in [2.05, 4.69) is 44.0 Å². The Kier molecular flexibility index (Phi) is 4.49. The molecule has 6 rings (SSSR count). The minimum atomic E-state index is -0.211. The van der Waals surface area contributed by atoms with Gasteiger partial charge in [0.15, 0.2) is 16.8 Å². The number of ketones is 1. The number of Topliss-reactive ketones (excluding diaryl/α,β-unsaturated/α-hetero) is 1. The highest BCUT2D eigenvalue weighted by atomic mass is 32.2. The average molecular weight is 429 g/mol. The summed E-state index contributed by atoms with van der Waals surface area (Å²) in [6.07, 6.45) is 7.69. The number of carbonyl (C=O) groups excluding carboxylic acids is 1. The van der Waals surface area contributed by atoms with Gasteiger partial charge in [0.25, 0.3) is 0 Å². The molecule has 2 aromatic heterocycles. The quantitative estimate of drug-likeness (QED) is 0.320. The van der Waals surface area contributed by atoms with Crippen molar-refractivity contribution in [1.82, 2.24) is 19.7 Å². The molecule has 0 radical (unpaired) electrons. The smallest absolute Gasteiger partial charge is 0.192 e. The molecule has 2 aliphatic rings. The van der Waals surface area contributed by atoms with Crippen LogP contribution in [-0.2, 0) is 12.8 Å². The number of aryl methyl sites for hydroxylation is 2. The zero-order valence-electron chi connectivity index (χ0n) is 17.5. The fraction of sp³-hybridized carbons (Fsp3) is 0.320. The van der Waals surface area contributed by atoms with Gasteiger partial charge in [-0.25, -0.2) is 0 Å². The molecule has 0 aliphatic heterocycles. The molecule has 31 heavy (non-hydrogen) atoms. The maximum absolute atomic E-state index is 13.2. The summed E-state index contributed by atoms with van der Waals surface area (Å²) in [5.41, 5.74) is 5.71. The molecular formula is C25H24N4OS. The molecule has 6 heteroatoms. The Morgan fingerprint density at radius 3 is 2.84 bits per heavy atom. The number of aromatic nitrogens is 4. The molecule has 2 aromatic carbocycles. The van der Waals surface area contributed by atoms with Gasteiger partial charge >= 0.3 is 0 Å². The first kappa shape index (κ1) is 18.9. The summed E-state index contributed by atoms with van der Waals surface area (Å²) >= 11 is 1.53. The molecule has 1 N–H and O–H groups in total. The van der Waals surface area contributed by atoms with Gasteiger partial charge in [0.05, 0.1) is 5.25 Å². The number of nitrogens with zero attached hydrogens (tertiary/aromatic N) is 3. The van der Waals surface area contributed by atoms with Gasteiger partial charge in [0.2, 0.25) is 0 Å². The van der Waals surface area contributed by atoms with Crippen LogP contribution >= 0.6 is 11.8 Å². The molecule has 156 valence electrons. The number of fused-ring (bicyclic) bond motifs is 2. The predicted molar refractivity (Wildman–Crippen MR) is 124 cm³/mol. The minimum Gasteiger partial charge on any atom is -0.360 e. The number of benzene rings is 2. The summed E-state index contributed by atoms with van der Waals surface area (Å²) in [6, 6.07) is 14.9. The Morgan fingerprint density at radius 1 is 1.13 bits per heavy atom. The van der Waals surface area contributed by atoms with Crippen molar-refractivity contribution in [2.75, 3.05) is 0 Å². The molecule has 2 heterocycles. The van der Waals surface area contributed by atoms with Gasteiger partial charge in [0, 0.05) is 34.3 Å². The van der Waals surface area contributed by atoms with E-state index in [9.17, 15) is 4.79 Å². The Labute approximate surface area is 185 Å². The number of hydrogen-bond acceptors (Lipinski definition) is 4. The van der Waals surface area contributed by atoms with Gasteiger partial charge in [0.1, 0.15) is 0 Å². The zero-order chi connectivity index (χ0) is 20.9. The maximum Gasteiger partial charge on any atom is 0.192 e. The summed E-state index contributed by atoms with van der Waals surface area (Å²) < 4.78 is 2.24. The van der Waals surface area contributed by atoms with Crippen LogP contribution in [0.15, 0.2) is 53.8 Å². The number of para-hydroxylation sites is 1. The van der Waals surface area contributed by atoms with Crippen molar-refractivity contribution in [3.8, 4) is 11.4 Å². The Morgan fingerprint density at radius 2 is 1.97 bits per heavy atom. The standard InChI is InChI=1S/C25H24N4OS/c1-15(23(30)18-10-9-16-5-4-6-17(16)13-18)31-25-28-27-24(29(25)19-11-12-19)21-14-26-22-8-3-2-7-20(21)22/h2-3,7-10,13-15,19,26H,4-6,11-12H2,1H3/t15-/m0/s1. The highest BCUT2D eigenvalue weighted by molar-refractivity contribution is 8.00. The first-order chi connectivity index (χ1) is 15.2. The van der Waals surface area contributed by atoms with Crippen LogP contribution in [-0.4, -0.2) is 30.8 Å². The van der Waals surface area contributed by atoms with Crippen molar-refractivity contribution in [2.45, 2.75) is 55.5 Å². The first-order valence-electron chi connectivity index (χ1n) is 11.0. The van der Waals surface area contributed by atoms with Crippen molar-refractivity contribution in [1.29, 1.82) is 0 Å². The van der Waals surface area contributed by atoms with E-state index in [0.717, 1.165) is 58.7 Å². The Balaban J connectivity index is 1.31. The summed E-state index contributed by atoms with van der Waals surface area (Å²) in [5.74, 6) is 1.05. The second kappa shape index (κ2) is 7.38. The summed E-state index contributed by atoms with van der Waals surface area (Å²) in [6.45, 7) is 1.98. The lowest BCUT2D eigenvalue weighted by atomic mass is 10.0. The van der Waals surface area contributed by atoms with Crippen molar-refractivity contribution in [3.63, 3.8) is 0 Å². The van der Waals surface area contributed by atoms with Crippen LogP contribution in [0.4, 0.5) is 0 Å². The zero-order valence-corrected chi connectivity index (χ0v) is 18.3. The molecule has 1 atom stereocenters. The van der Waals surface area contributed by atoms with E-state index in [1.807, 2.05) is 31.3 Å². The number of rotatable bonds is 6. The molecule has 0 unspecified atom stereocenters. The van der Waals surface area contributed by atoms with Crippen molar-refractivity contribution >= 4 is 28.4 Å². The SMILES string of the molecule is C[C@H](Sc1nnc(-c2c[nH]c3ccccc23)n1C1CC1)C(=O)c1ccc2c(c1)CCC2.